The van der Waals surface area contributed by atoms with E-state index in [1.54, 1.807) is 0 Å². The molecule has 4 heterocycles. The van der Waals surface area contributed by atoms with Gasteiger partial charge in [-0.25, -0.2) is 29.9 Å². The maximum absolute atomic E-state index is 5.08. The van der Waals surface area contributed by atoms with Crippen LogP contribution in [0.3, 0.4) is 0 Å². The van der Waals surface area contributed by atoms with E-state index in [4.69, 9.17) is 29.9 Å². The van der Waals surface area contributed by atoms with Crippen LogP contribution in [-0.2, 0) is 0 Å². The first-order valence-electron chi connectivity index (χ1n) is 23.8. The van der Waals surface area contributed by atoms with Crippen molar-refractivity contribution in [3.8, 4) is 111 Å². The van der Waals surface area contributed by atoms with Gasteiger partial charge in [-0.2, -0.15) is 0 Å². The number of thiophene rings is 2. The number of hydrogen-bond donors (Lipinski definition) is 0. The summed E-state index contributed by atoms with van der Waals surface area (Å²) >= 11 is 3.66. The minimum absolute atomic E-state index is 0.626. The highest BCUT2D eigenvalue weighted by Crippen LogP contribution is 2.52. The summed E-state index contributed by atoms with van der Waals surface area (Å²) in [6, 6.07) is 84.2. The zero-order valence-corrected chi connectivity index (χ0v) is 40.2. The van der Waals surface area contributed by atoms with Gasteiger partial charge < -0.3 is 0 Å². The Labute approximate surface area is 424 Å². The van der Waals surface area contributed by atoms with E-state index in [2.05, 4.69) is 121 Å². The zero-order valence-electron chi connectivity index (χ0n) is 38.6. The van der Waals surface area contributed by atoms with Gasteiger partial charge in [-0.1, -0.05) is 218 Å². The van der Waals surface area contributed by atoms with Crippen molar-refractivity contribution >= 4 is 42.8 Å². The van der Waals surface area contributed by atoms with E-state index in [0.717, 1.165) is 54.3 Å². The summed E-state index contributed by atoms with van der Waals surface area (Å²) < 4.78 is 2.46. The van der Waals surface area contributed by atoms with Crippen LogP contribution < -0.4 is 0 Å². The molecular formula is C64H40N6S2. The van der Waals surface area contributed by atoms with Crippen LogP contribution in [0.5, 0.6) is 0 Å². The Balaban J connectivity index is 0.972. The predicted molar refractivity (Wildman–Crippen MR) is 298 cm³/mol. The maximum atomic E-state index is 5.08. The van der Waals surface area contributed by atoms with E-state index in [1.807, 2.05) is 144 Å². The van der Waals surface area contributed by atoms with Crippen LogP contribution in [0.4, 0.5) is 0 Å². The van der Waals surface area contributed by atoms with Crippen molar-refractivity contribution in [1.29, 1.82) is 0 Å². The molecule has 0 fully saturated rings. The van der Waals surface area contributed by atoms with Gasteiger partial charge in [0.15, 0.2) is 34.9 Å². The SMILES string of the molecule is c1ccc(-c2nc(-c3ccccc3)nc(-c3cccc(-c4cc5c(-c6ccccc6)c6sc(-c7cccc(-c8nc(-c9ccccc9)nc(-c9ccccc9)n8)c7)cc6c(-c6ccccc6)c5s4)c3)n2)cc1. The molecule has 0 aliphatic rings. The standard InChI is InChI=1S/C64H40N6S2/c1-7-21-41(22-8-1)55-51-39-53(47-33-19-35-49(37-47)63-67-59(43-25-11-3-12-26-43)65-60(68-63)44-27-13-4-14-28-44)72-58(51)56(42-23-9-2-10-24-42)52-40-54(71-57(52)55)48-34-20-36-50(38-48)64-69-61(45-29-15-5-16-30-45)66-62(70-64)46-31-17-6-18-32-46/h1-40H. The molecule has 6 nitrogen and oxygen atoms in total. The minimum atomic E-state index is 0.626. The Hall–Kier alpha value is -9.08. The third-order valence-corrected chi connectivity index (χ3v) is 15.2. The van der Waals surface area contributed by atoms with E-state index in [1.165, 1.54) is 42.4 Å². The van der Waals surface area contributed by atoms with Gasteiger partial charge in [0.1, 0.15) is 0 Å². The molecule has 0 spiro atoms. The number of rotatable bonds is 10. The van der Waals surface area contributed by atoms with Crippen molar-refractivity contribution in [1.82, 2.24) is 29.9 Å². The molecule has 0 unspecified atom stereocenters. The fraction of sp³-hybridized carbons (Fsp3) is 0. The van der Waals surface area contributed by atoms with Crippen molar-refractivity contribution in [3.05, 3.63) is 243 Å². The fourth-order valence-corrected chi connectivity index (χ4v) is 11.8. The number of aromatic nitrogens is 6. The quantitative estimate of drug-likeness (QED) is 0.136. The maximum Gasteiger partial charge on any atom is 0.164 e. The van der Waals surface area contributed by atoms with Crippen molar-refractivity contribution in [2.45, 2.75) is 0 Å². The van der Waals surface area contributed by atoms with E-state index in [-0.39, 0.29) is 0 Å². The largest absolute Gasteiger partial charge is 0.208 e. The van der Waals surface area contributed by atoms with Crippen molar-refractivity contribution in [2.75, 3.05) is 0 Å². The van der Waals surface area contributed by atoms with E-state index in [0.29, 0.717) is 34.9 Å². The van der Waals surface area contributed by atoms with E-state index in [9.17, 15) is 0 Å². The highest BCUT2D eigenvalue weighted by atomic mass is 32.1. The Morgan fingerprint density at radius 1 is 0.208 bits per heavy atom. The van der Waals surface area contributed by atoms with Crippen LogP contribution in [0.25, 0.3) is 132 Å². The third kappa shape index (κ3) is 8.24. The summed E-state index contributed by atoms with van der Waals surface area (Å²) in [6.45, 7) is 0. The third-order valence-electron chi connectivity index (χ3n) is 12.8. The molecule has 0 radical (unpaired) electrons. The number of nitrogens with zero attached hydrogens (tertiary/aromatic N) is 6. The van der Waals surface area contributed by atoms with Crippen LogP contribution >= 0.6 is 22.7 Å². The van der Waals surface area contributed by atoms with Crippen molar-refractivity contribution in [2.24, 2.45) is 0 Å². The van der Waals surface area contributed by atoms with Gasteiger partial charge in [0.05, 0.1) is 0 Å². The van der Waals surface area contributed by atoms with Crippen molar-refractivity contribution < 1.29 is 0 Å². The average molecular weight is 957 g/mol. The van der Waals surface area contributed by atoms with Crippen LogP contribution in [0, 0.1) is 0 Å². The summed E-state index contributed by atoms with van der Waals surface area (Å²) in [5.74, 6) is 3.80. The second-order valence-corrected chi connectivity index (χ2v) is 19.5. The molecule has 0 atom stereocenters. The van der Waals surface area contributed by atoms with Crippen LogP contribution in [0.15, 0.2) is 243 Å². The average Bonchev–Trinajstić information content (AvgIpc) is 4.11. The van der Waals surface area contributed by atoms with E-state index < -0.39 is 0 Å². The summed E-state index contributed by atoms with van der Waals surface area (Å²) in [5.41, 5.74) is 12.6. The zero-order chi connectivity index (χ0) is 47.8. The lowest BCUT2D eigenvalue weighted by atomic mass is 9.93. The number of fused-ring (bicyclic) bond motifs is 2. The second kappa shape index (κ2) is 18.7. The molecule has 8 heteroatoms. The first-order chi connectivity index (χ1) is 35.7. The monoisotopic (exact) mass is 956 g/mol. The number of hydrogen-bond acceptors (Lipinski definition) is 8. The van der Waals surface area contributed by atoms with Gasteiger partial charge >= 0.3 is 0 Å². The Kier molecular flexibility index (Phi) is 11.1. The van der Waals surface area contributed by atoms with Crippen LogP contribution in [-0.4, -0.2) is 29.9 Å². The molecule has 0 aliphatic heterocycles. The highest BCUT2D eigenvalue weighted by molar-refractivity contribution is 7.25. The highest BCUT2D eigenvalue weighted by Gasteiger charge is 2.24. The topological polar surface area (TPSA) is 77.3 Å². The van der Waals surface area contributed by atoms with Crippen molar-refractivity contribution in [3.63, 3.8) is 0 Å². The Morgan fingerprint density at radius 3 is 0.736 bits per heavy atom. The minimum Gasteiger partial charge on any atom is -0.208 e. The lowest BCUT2D eigenvalue weighted by Crippen LogP contribution is -2.00. The Bertz CT molecular complexity index is 3630. The van der Waals surface area contributed by atoms with E-state index >= 15 is 0 Å². The predicted octanol–water partition coefficient (Wildman–Crippen LogP) is 17.2. The summed E-state index contributed by atoms with van der Waals surface area (Å²) in [7, 11) is 0. The molecule has 0 aliphatic carbocycles. The van der Waals surface area contributed by atoms with Gasteiger partial charge in [-0.15, -0.1) is 22.7 Å². The molecule has 338 valence electrons. The van der Waals surface area contributed by atoms with Gasteiger partial charge in [0.25, 0.3) is 0 Å². The normalized spacial score (nSPS) is 11.3. The van der Waals surface area contributed by atoms with Gasteiger partial charge in [-0.05, 0) is 46.5 Å². The van der Waals surface area contributed by atoms with Gasteiger partial charge in [0, 0.05) is 74.4 Å². The second-order valence-electron chi connectivity index (χ2n) is 17.4. The number of benzene rings is 9. The first kappa shape index (κ1) is 43.0. The molecule has 13 aromatic rings. The fourth-order valence-electron chi connectivity index (χ4n) is 9.34. The summed E-state index contributed by atoms with van der Waals surface area (Å²) in [4.78, 5) is 32.5. The van der Waals surface area contributed by atoms with Crippen LogP contribution in [0.2, 0.25) is 0 Å². The first-order valence-corrected chi connectivity index (χ1v) is 25.4. The lowest BCUT2D eigenvalue weighted by Gasteiger charge is -2.12. The molecule has 0 N–H and O–H groups in total. The molecular weight excluding hydrogens is 917 g/mol. The van der Waals surface area contributed by atoms with Crippen LogP contribution in [0.1, 0.15) is 0 Å². The smallest absolute Gasteiger partial charge is 0.164 e. The lowest BCUT2D eigenvalue weighted by molar-refractivity contribution is 1.07. The molecule has 0 bridgehead atoms. The molecule has 4 aromatic heterocycles. The molecule has 0 saturated carbocycles. The van der Waals surface area contributed by atoms with Gasteiger partial charge in [0.2, 0.25) is 0 Å². The van der Waals surface area contributed by atoms with Gasteiger partial charge in [-0.3, -0.25) is 0 Å². The molecule has 0 saturated heterocycles. The molecule has 0 amide bonds. The molecule has 9 aromatic carbocycles. The molecule has 72 heavy (non-hydrogen) atoms. The summed E-state index contributed by atoms with van der Waals surface area (Å²) in [5, 5.41) is 2.43. The Morgan fingerprint density at radius 2 is 0.444 bits per heavy atom. The molecule has 13 rings (SSSR count). The summed E-state index contributed by atoms with van der Waals surface area (Å²) in [6.07, 6.45) is 0.